The van der Waals surface area contributed by atoms with E-state index in [2.05, 4.69) is 13.0 Å². The van der Waals surface area contributed by atoms with Gasteiger partial charge in [-0.2, -0.15) is 0 Å². The normalized spacial score (nSPS) is 10.8. The SMILES string of the molecule is CCc1ccc2c(CC(=O)N(C)c3ccccc3)coc2c1. The van der Waals surface area contributed by atoms with E-state index in [4.69, 9.17) is 4.42 Å². The van der Waals surface area contributed by atoms with E-state index in [0.29, 0.717) is 6.42 Å². The summed E-state index contributed by atoms with van der Waals surface area (Å²) in [6, 6.07) is 15.8. The van der Waals surface area contributed by atoms with Gasteiger partial charge < -0.3 is 9.32 Å². The van der Waals surface area contributed by atoms with Gasteiger partial charge in [0.25, 0.3) is 0 Å². The van der Waals surface area contributed by atoms with Gasteiger partial charge in [0.2, 0.25) is 5.91 Å². The molecule has 0 fully saturated rings. The monoisotopic (exact) mass is 293 g/mol. The molecule has 1 aromatic heterocycles. The van der Waals surface area contributed by atoms with Crippen molar-refractivity contribution in [3.63, 3.8) is 0 Å². The van der Waals surface area contributed by atoms with Crippen molar-refractivity contribution in [2.75, 3.05) is 11.9 Å². The fourth-order valence-electron chi connectivity index (χ4n) is 2.56. The number of carbonyl (C=O) groups is 1. The zero-order chi connectivity index (χ0) is 15.5. The van der Waals surface area contributed by atoms with Crippen LogP contribution >= 0.6 is 0 Å². The molecule has 3 aromatic rings. The molecule has 3 rings (SSSR count). The zero-order valence-corrected chi connectivity index (χ0v) is 12.9. The van der Waals surface area contributed by atoms with Crippen molar-refractivity contribution < 1.29 is 9.21 Å². The molecule has 0 spiro atoms. The van der Waals surface area contributed by atoms with Gasteiger partial charge in [0.15, 0.2) is 0 Å². The van der Waals surface area contributed by atoms with Gasteiger partial charge in [0, 0.05) is 23.7 Å². The maximum absolute atomic E-state index is 12.5. The predicted octanol–water partition coefficient (Wildman–Crippen LogP) is 4.20. The fraction of sp³-hybridized carbons (Fsp3) is 0.211. The van der Waals surface area contributed by atoms with E-state index in [1.165, 1.54) is 5.56 Å². The summed E-state index contributed by atoms with van der Waals surface area (Å²) in [6.07, 6.45) is 3.01. The van der Waals surface area contributed by atoms with E-state index in [1.807, 2.05) is 42.5 Å². The summed E-state index contributed by atoms with van der Waals surface area (Å²) in [7, 11) is 1.80. The first kappa shape index (κ1) is 14.4. The molecule has 1 amide bonds. The van der Waals surface area contributed by atoms with E-state index in [0.717, 1.165) is 28.6 Å². The van der Waals surface area contributed by atoms with Crippen molar-refractivity contribution >= 4 is 22.6 Å². The van der Waals surface area contributed by atoms with E-state index in [-0.39, 0.29) is 5.91 Å². The molecule has 0 aliphatic rings. The van der Waals surface area contributed by atoms with Gasteiger partial charge in [-0.25, -0.2) is 0 Å². The fourth-order valence-corrected chi connectivity index (χ4v) is 2.56. The number of carbonyl (C=O) groups excluding carboxylic acids is 1. The minimum atomic E-state index is 0.0495. The van der Waals surface area contributed by atoms with Gasteiger partial charge in [-0.15, -0.1) is 0 Å². The van der Waals surface area contributed by atoms with Crippen LogP contribution in [0.15, 0.2) is 59.2 Å². The Hall–Kier alpha value is -2.55. The largest absolute Gasteiger partial charge is 0.464 e. The van der Waals surface area contributed by atoms with Crippen molar-refractivity contribution in [1.29, 1.82) is 0 Å². The molecule has 0 saturated carbocycles. The molecule has 112 valence electrons. The van der Waals surface area contributed by atoms with Crippen LogP contribution < -0.4 is 4.90 Å². The van der Waals surface area contributed by atoms with Crippen molar-refractivity contribution in [2.45, 2.75) is 19.8 Å². The topological polar surface area (TPSA) is 33.5 Å². The minimum absolute atomic E-state index is 0.0495. The minimum Gasteiger partial charge on any atom is -0.464 e. The van der Waals surface area contributed by atoms with Crippen LogP contribution in [-0.2, 0) is 17.6 Å². The Morgan fingerprint density at radius 1 is 1.14 bits per heavy atom. The highest BCUT2D eigenvalue weighted by Gasteiger charge is 2.15. The summed E-state index contributed by atoms with van der Waals surface area (Å²) in [5.41, 5.74) is 3.92. The second-order valence-electron chi connectivity index (χ2n) is 5.41. The highest BCUT2D eigenvalue weighted by molar-refractivity contribution is 5.96. The van der Waals surface area contributed by atoms with Crippen molar-refractivity contribution in [2.24, 2.45) is 0 Å². The molecule has 2 aromatic carbocycles. The predicted molar refractivity (Wildman–Crippen MR) is 89.1 cm³/mol. The molecule has 0 N–H and O–H groups in total. The summed E-state index contributed by atoms with van der Waals surface area (Å²) < 4.78 is 5.61. The van der Waals surface area contributed by atoms with Crippen LogP contribution in [0.1, 0.15) is 18.1 Å². The number of nitrogens with zero attached hydrogens (tertiary/aromatic N) is 1. The first-order valence-corrected chi connectivity index (χ1v) is 7.49. The molecule has 0 aliphatic carbocycles. The molecular formula is C19H19NO2. The Balaban J connectivity index is 1.82. The van der Waals surface area contributed by atoms with Crippen LogP contribution in [0.3, 0.4) is 0 Å². The average Bonchev–Trinajstić information content (AvgIpc) is 2.97. The number of para-hydroxylation sites is 1. The van der Waals surface area contributed by atoms with Crippen LogP contribution in [0, 0.1) is 0 Å². The summed E-state index contributed by atoms with van der Waals surface area (Å²) in [4.78, 5) is 14.1. The van der Waals surface area contributed by atoms with Crippen LogP contribution in [-0.4, -0.2) is 13.0 Å². The van der Waals surface area contributed by atoms with Gasteiger partial charge >= 0.3 is 0 Å². The van der Waals surface area contributed by atoms with Gasteiger partial charge in [0.05, 0.1) is 12.7 Å². The smallest absolute Gasteiger partial charge is 0.231 e. The van der Waals surface area contributed by atoms with Gasteiger partial charge in [0.1, 0.15) is 5.58 Å². The van der Waals surface area contributed by atoms with Crippen LogP contribution in [0.4, 0.5) is 5.69 Å². The summed E-state index contributed by atoms with van der Waals surface area (Å²) in [5.74, 6) is 0.0495. The number of anilines is 1. The summed E-state index contributed by atoms with van der Waals surface area (Å²) >= 11 is 0. The van der Waals surface area contributed by atoms with Gasteiger partial charge in [-0.05, 0) is 30.2 Å². The molecule has 0 unspecified atom stereocenters. The maximum atomic E-state index is 12.5. The summed E-state index contributed by atoms with van der Waals surface area (Å²) in [6.45, 7) is 2.11. The Morgan fingerprint density at radius 2 is 1.91 bits per heavy atom. The molecule has 22 heavy (non-hydrogen) atoms. The van der Waals surface area contributed by atoms with Gasteiger partial charge in [-0.1, -0.05) is 37.3 Å². The number of aryl methyl sites for hydroxylation is 1. The first-order chi connectivity index (χ1) is 10.7. The van der Waals surface area contributed by atoms with Crippen LogP contribution in [0.2, 0.25) is 0 Å². The van der Waals surface area contributed by atoms with Crippen LogP contribution in [0.5, 0.6) is 0 Å². The lowest BCUT2D eigenvalue weighted by Gasteiger charge is -2.16. The van der Waals surface area contributed by atoms with Crippen molar-refractivity contribution in [3.8, 4) is 0 Å². The molecule has 3 heteroatoms. The highest BCUT2D eigenvalue weighted by atomic mass is 16.3. The third-order valence-corrected chi connectivity index (χ3v) is 3.99. The lowest BCUT2D eigenvalue weighted by molar-refractivity contribution is -0.117. The molecule has 0 bridgehead atoms. The molecule has 0 saturated heterocycles. The molecular weight excluding hydrogens is 274 g/mol. The molecule has 0 aliphatic heterocycles. The standard InChI is InChI=1S/C19H19NO2/c1-3-14-9-10-17-15(13-22-18(17)11-14)12-19(21)20(2)16-7-5-4-6-8-16/h4-11,13H,3,12H2,1-2H3. The van der Waals surface area contributed by atoms with Crippen molar-refractivity contribution in [3.05, 3.63) is 65.9 Å². The Labute approximate surface area is 130 Å². The third-order valence-electron chi connectivity index (χ3n) is 3.99. The lowest BCUT2D eigenvalue weighted by atomic mass is 10.1. The number of hydrogen-bond donors (Lipinski definition) is 0. The summed E-state index contributed by atoms with van der Waals surface area (Å²) in [5, 5.41) is 1.02. The molecule has 0 radical (unpaired) electrons. The van der Waals surface area contributed by atoms with E-state index >= 15 is 0 Å². The molecule has 1 heterocycles. The molecule has 0 atom stereocenters. The quantitative estimate of drug-likeness (QED) is 0.722. The number of furan rings is 1. The number of amides is 1. The second-order valence-corrected chi connectivity index (χ2v) is 5.41. The lowest BCUT2D eigenvalue weighted by Crippen LogP contribution is -2.27. The van der Waals surface area contributed by atoms with Gasteiger partial charge in [-0.3, -0.25) is 4.79 Å². The van der Waals surface area contributed by atoms with E-state index in [1.54, 1.807) is 18.2 Å². The number of hydrogen-bond acceptors (Lipinski definition) is 2. The number of fused-ring (bicyclic) bond motifs is 1. The Kier molecular flexibility index (Phi) is 3.96. The third kappa shape index (κ3) is 2.75. The zero-order valence-electron chi connectivity index (χ0n) is 12.9. The number of likely N-dealkylation sites (N-methyl/N-ethyl adjacent to an activating group) is 1. The van der Waals surface area contributed by atoms with E-state index < -0.39 is 0 Å². The first-order valence-electron chi connectivity index (χ1n) is 7.49. The Bertz CT molecular complexity index is 790. The van der Waals surface area contributed by atoms with E-state index in [9.17, 15) is 4.79 Å². The number of benzene rings is 2. The van der Waals surface area contributed by atoms with Crippen LogP contribution in [0.25, 0.3) is 11.0 Å². The maximum Gasteiger partial charge on any atom is 0.231 e. The van der Waals surface area contributed by atoms with Crippen molar-refractivity contribution in [1.82, 2.24) is 0 Å². The molecule has 3 nitrogen and oxygen atoms in total. The Morgan fingerprint density at radius 3 is 2.64 bits per heavy atom. The number of rotatable bonds is 4. The second kappa shape index (κ2) is 6.06. The average molecular weight is 293 g/mol. The highest BCUT2D eigenvalue weighted by Crippen LogP contribution is 2.24.